The first kappa shape index (κ1) is 20.5. The number of nitrogens with one attached hydrogen (secondary N) is 1. The Labute approximate surface area is 180 Å². The third kappa shape index (κ3) is 4.37. The van der Waals surface area contributed by atoms with Crippen LogP contribution in [0.25, 0.3) is 0 Å². The summed E-state index contributed by atoms with van der Waals surface area (Å²) in [5.41, 5.74) is 2.40. The van der Waals surface area contributed by atoms with E-state index in [-0.39, 0.29) is 11.8 Å². The Morgan fingerprint density at radius 1 is 1.03 bits per heavy atom. The van der Waals surface area contributed by atoms with Gasteiger partial charge in [-0.1, -0.05) is 18.2 Å². The molecule has 3 aromatic rings. The average molecular weight is 420 g/mol. The molecule has 8 heteroatoms. The number of ether oxygens (including phenoxy) is 2. The summed E-state index contributed by atoms with van der Waals surface area (Å²) in [6, 6.07) is 14.6. The van der Waals surface area contributed by atoms with Crippen LogP contribution in [0.15, 0.2) is 54.7 Å². The maximum absolute atomic E-state index is 12.5. The molecule has 1 aromatic heterocycles. The monoisotopic (exact) mass is 420 g/mol. The van der Waals surface area contributed by atoms with Gasteiger partial charge in [-0.3, -0.25) is 14.5 Å². The van der Waals surface area contributed by atoms with Crippen molar-refractivity contribution in [3.8, 4) is 11.5 Å². The van der Waals surface area contributed by atoms with E-state index in [9.17, 15) is 9.59 Å². The van der Waals surface area contributed by atoms with Crippen LogP contribution in [0.4, 0.5) is 5.82 Å². The first-order chi connectivity index (χ1) is 15.1. The number of fused-ring (bicyclic) bond motifs is 1. The summed E-state index contributed by atoms with van der Waals surface area (Å²) in [5.74, 6) is 1.96. The number of hydrogen-bond acceptors (Lipinski definition) is 5. The van der Waals surface area contributed by atoms with Crippen LogP contribution in [-0.4, -0.2) is 35.8 Å². The predicted molar refractivity (Wildman–Crippen MR) is 115 cm³/mol. The van der Waals surface area contributed by atoms with E-state index in [1.165, 1.54) is 0 Å². The number of anilines is 1. The Morgan fingerprint density at radius 2 is 1.77 bits per heavy atom. The molecular formula is C23H24N4O4. The molecule has 0 atom stereocenters. The molecule has 2 aromatic carbocycles. The smallest absolute Gasteiger partial charge is 0.251 e. The van der Waals surface area contributed by atoms with Gasteiger partial charge in [-0.15, -0.1) is 0 Å². The standard InChI is InChI=1S/C23H24N4O4/c1-30-19-8-5-17(13-20(19)31-2)14-24-23(29)18-6-3-16(4-7-18)15-26-21-9-11-25-27(21)12-10-22(26)28/h3-9,11,13H,10,12,14-15H2,1-2H3,(H,24,29). The van der Waals surface area contributed by atoms with Gasteiger partial charge >= 0.3 is 0 Å². The summed E-state index contributed by atoms with van der Waals surface area (Å²) < 4.78 is 12.4. The number of carbonyl (C=O) groups is 2. The number of rotatable bonds is 7. The number of aromatic nitrogens is 2. The van der Waals surface area contributed by atoms with Crippen molar-refractivity contribution < 1.29 is 19.1 Å². The van der Waals surface area contributed by atoms with Crippen LogP contribution in [0.1, 0.15) is 27.9 Å². The average Bonchev–Trinajstić information content (AvgIpc) is 3.28. The zero-order valence-electron chi connectivity index (χ0n) is 17.5. The minimum Gasteiger partial charge on any atom is -0.493 e. The van der Waals surface area contributed by atoms with Crippen LogP contribution < -0.4 is 19.7 Å². The summed E-state index contributed by atoms with van der Waals surface area (Å²) in [6.45, 7) is 1.42. The molecular weight excluding hydrogens is 396 g/mol. The van der Waals surface area contributed by atoms with Crippen LogP contribution >= 0.6 is 0 Å². The number of methoxy groups -OCH3 is 2. The summed E-state index contributed by atoms with van der Waals surface area (Å²) in [6.07, 6.45) is 2.14. The molecule has 1 N–H and O–H groups in total. The second-order valence-corrected chi connectivity index (χ2v) is 7.21. The molecule has 0 bridgehead atoms. The molecule has 4 rings (SSSR count). The highest BCUT2D eigenvalue weighted by atomic mass is 16.5. The van der Waals surface area contributed by atoms with Crippen molar-refractivity contribution in [3.05, 3.63) is 71.4 Å². The van der Waals surface area contributed by atoms with Gasteiger partial charge in [0.25, 0.3) is 5.91 Å². The minimum atomic E-state index is -0.173. The fraction of sp³-hybridized carbons (Fsp3) is 0.261. The van der Waals surface area contributed by atoms with Gasteiger partial charge in [-0.05, 0) is 35.4 Å². The lowest BCUT2D eigenvalue weighted by Crippen LogP contribution is -2.36. The number of hydrogen-bond donors (Lipinski definition) is 1. The van der Waals surface area contributed by atoms with Crippen molar-refractivity contribution in [1.82, 2.24) is 15.1 Å². The summed E-state index contributed by atoms with van der Waals surface area (Å²) >= 11 is 0. The first-order valence-electron chi connectivity index (χ1n) is 9.99. The van der Waals surface area contributed by atoms with Crippen molar-refractivity contribution in [1.29, 1.82) is 0 Å². The van der Waals surface area contributed by atoms with Crippen molar-refractivity contribution >= 4 is 17.6 Å². The molecule has 0 aliphatic carbocycles. The lowest BCUT2D eigenvalue weighted by Gasteiger charge is -2.27. The third-order valence-corrected chi connectivity index (χ3v) is 5.27. The fourth-order valence-electron chi connectivity index (χ4n) is 3.58. The second kappa shape index (κ2) is 8.91. The maximum atomic E-state index is 12.5. The van der Waals surface area contributed by atoms with Crippen LogP contribution in [-0.2, 0) is 24.4 Å². The highest BCUT2D eigenvalue weighted by Crippen LogP contribution is 2.27. The van der Waals surface area contributed by atoms with E-state index in [1.807, 2.05) is 41.1 Å². The highest BCUT2D eigenvalue weighted by molar-refractivity contribution is 5.95. The first-order valence-corrected chi connectivity index (χ1v) is 9.99. The van der Waals surface area contributed by atoms with E-state index in [4.69, 9.17) is 9.47 Å². The number of nitrogens with zero attached hydrogens (tertiary/aromatic N) is 3. The van der Waals surface area contributed by atoms with E-state index < -0.39 is 0 Å². The van der Waals surface area contributed by atoms with Gasteiger partial charge in [-0.2, -0.15) is 5.10 Å². The SMILES string of the molecule is COc1ccc(CNC(=O)c2ccc(CN3C(=O)CCn4nccc43)cc2)cc1OC. The van der Waals surface area contributed by atoms with E-state index in [2.05, 4.69) is 10.4 Å². The number of amides is 2. The largest absolute Gasteiger partial charge is 0.493 e. The lowest BCUT2D eigenvalue weighted by molar-refractivity contribution is -0.119. The predicted octanol–water partition coefficient (Wildman–Crippen LogP) is 2.77. The lowest BCUT2D eigenvalue weighted by atomic mass is 10.1. The maximum Gasteiger partial charge on any atom is 0.251 e. The topological polar surface area (TPSA) is 85.7 Å². The quantitative estimate of drug-likeness (QED) is 0.635. The molecule has 0 fully saturated rings. The van der Waals surface area contributed by atoms with Crippen molar-refractivity contribution in [2.24, 2.45) is 0 Å². The molecule has 0 saturated heterocycles. The third-order valence-electron chi connectivity index (χ3n) is 5.27. The molecule has 31 heavy (non-hydrogen) atoms. The fourth-order valence-corrected chi connectivity index (χ4v) is 3.58. The van der Waals surface area contributed by atoms with E-state index >= 15 is 0 Å². The van der Waals surface area contributed by atoms with Gasteiger partial charge in [0.2, 0.25) is 5.91 Å². The van der Waals surface area contributed by atoms with Crippen molar-refractivity contribution in [2.75, 3.05) is 19.1 Å². The molecule has 0 spiro atoms. The van der Waals surface area contributed by atoms with Crippen LogP contribution in [0.5, 0.6) is 11.5 Å². The minimum absolute atomic E-state index is 0.0738. The van der Waals surface area contributed by atoms with Crippen molar-refractivity contribution in [3.63, 3.8) is 0 Å². The van der Waals surface area contributed by atoms with E-state index in [0.717, 1.165) is 16.9 Å². The molecule has 2 heterocycles. The molecule has 8 nitrogen and oxygen atoms in total. The Kier molecular flexibility index (Phi) is 5.88. The van der Waals surface area contributed by atoms with E-state index in [0.29, 0.717) is 43.1 Å². The summed E-state index contributed by atoms with van der Waals surface area (Å²) in [5, 5.41) is 7.15. The van der Waals surface area contributed by atoms with Gasteiger partial charge in [0, 0.05) is 24.6 Å². The Bertz CT molecular complexity index is 1090. The Balaban J connectivity index is 1.38. The number of benzene rings is 2. The number of aryl methyl sites for hydroxylation is 1. The Morgan fingerprint density at radius 3 is 2.52 bits per heavy atom. The molecule has 0 unspecified atom stereocenters. The molecule has 160 valence electrons. The van der Waals surface area contributed by atoms with Gasteiger partial charge in [-0.25, -0.2) is 4.68 Å². The summed E-state index contributed by atoms with van der Waals surface area (Å²) in [7, 11) is 3.16. The van der Waals surface area contributed by atoms with Crippen LogP contribution in [0.2, 0.25) is 0 Å². The summed E-state index contributed by atoms with van der Waals surface area (Å²) in [4.78, 5) is 26.6. The normalized spacial score (nSPS) is 13.0. The molecule has 1 aliphatic rings. The van der Waals surface area contributed by atoms with Crippen LogP contribution in [0, 0.1) is 0 Å². The van der Waals surface area contributed by atoms with Gasteiger partial charge in [0.1, 0.15) is 5.82 Å². The van der Waals surface area contributed by atoms with Gasteiger partial charge in [0.15, 0.2) is 11.5 Å². The molecule has 0 radical (unpaired) electrons. The highest BCUT2D eigenvalue weighted by Gasteiger charge is 2.24. The zero-order chi connectivity index (χ0) is 21.8. The van der Waals surface area contributed by atoms with Crippen molar-refractivity contribution in [2.45, 2.75) is 26.1 Å². The Hall–Kier alpha value is -3.81. The molecule has 1 aliphatic heterocycles. The molecule has 0 saturated carbocycles. The van der Waals surface area contributed by atoms with Crippen LogP contribution in [0.3, 0.4) is 0 Å². The van der Waals surface area contributed by atoms with E-state index in [1.54, 1.807) is 37.4 Å². The second-order valence-electron chi connectivity index (χ2n) is 7.21. The molecule has 2 amide bonds. The van der Waals surface area contributed by atoms with Gasteiger partial charge in [0.05, 0.1) is 33.5 Å². The zero-order valence-corrected chi connectivity index (χ0v) is 17.5. The van der Waals surface area contributed by atoms with Gasteiger partial charge < -0.3 is 14.8 Å². The number of carbonyl (C=O) groups excluding carboxylic acids is 2.